The lowest BCUT2D eigenvalue weighted by molar-refractivity contribution is -0.120. The Morgan fingerprint density at radius 1 is 1.10 bits per heavy atom. The molecular formula is C16H18FN3O. The van der Waals surface area contributed by atoms with Crippen LogP contribution in [0.4, 0.5) is 10.2 Å². The van der Waals surface area contributed by atoms with E-state index < -0.39 is 0 Å². The van der Waals surface area contributed by atoms with Crippen molar-refractivity contribution in [3.05, 3.63) is 60.0 Å². The van der Waals surface area contributed by atoms with Crippen molar-refractivity contribution in [2.24, 2.45) is 0 Å². The molecule has 2 N–H and O–H groups in total. The molecule has 0 spiro atoms. The maximum Gasteiger partial charge on any atom is 0.224 e. The van der Waals surface area contributed by atoms with Gasteiger partial charge < -0.3 is 10.6 Å². The molecule has 0 unspecified atom stereocenters. The number of hydrogen-bond acceptors (Lipinski definition) is 3. The Balaban J connectivity index is 1.60. The van der Waals surface area contributed by atoms with E-state index in [1.807, 2.05) is 18.2 Å². The summed E-state index contributed by atoms with van der Waals surface area (Å²) in [5, 5.41) is 6.01. The second kappa shape index (κ2) is 7.99. The van der Waals surface area contributed by atoms with Gasteiger partial charge >= 0.3 is 0 Å². The van der Waals surface area contributed by atoms with Gasteiger partial charge in [0.05, 0.1) is 6.42 Å². The Morgan fingerprint density at radius 2 is 1.90 bits per heavy atom. The first kappa shape index (κ1) is 15.0. The summed E-state index contributed by atoms with van der Waals surface area (Å²) >= 11 is 0. The SMILES string of the molecule is O=C(Cc1ccc(F)cc1)NCCCNc1ccccn1. The fourth-order valence-electron chi connectivity index (χ4n) is 1.85. The number of carbonyl (C=O) groups excluding carboxylic acids is 1. The highest BCUT2D eigenvalue weighted by Gasteiger charge is 2.02. The van der Waals surface area contributed by atoms with Crippen LogP contribution in [0.15, 0.2) is 48.7 Å². The first-order valence-corrected chi connectivity index (χ1v) is 6.90. The lowest BCUT2D eigenvalue weighted by Crippen LogP contribution is -2.27. The first-order chi connectivity index (χ1) is 10.2. The standard InChI is InChI=1S/C16H18FN3O/c17-14-7-5-13(6-8-14)12-16(21)20-11-3-10-19-15-4-1-2-9-18-15/h1-2,4-9H,3,10-12H2,(H,18,19)(H,20,21). The Labute approximate surface area is 123 Å². The first-order valence-electron chi connectivity index (χ1n) is 6.90. The van der Waals surface area contributed by atoms with Gasteiger partial charge in [-0.15, -0.1) is 0 Å². The van der Waals surface area contributed by atoms with Crippen LogP contribution in [0.25, 0.3) is 0 Å². The van der Waals surface area contributed by atoms with Gasteiger partial charge in [-0.3, -0.25) is 4.79 Å². The van der Waals surface area contributed by atoms with E-state index in [4.69, 9.17) is 0 Å². The van der Waals surface area contributed by atoms with Gasteiger partial charge in [-0.05, 0) is 36.2 Å². The van der Waals surface area contributed by atoms with E-state index in [2.05, 4.69) is 15.6 Å². The van der Waals surface area contributed by atoms with Crippen LogP contribution in [0.5, 0.6) is 0 Å². The van der Waals surface area contributed by atoms with Crippen LogP contribution >= 0.6 is 0 Å². The Kier molecular flexibility index (Phi) is 5.70. The minimum Gasteiger partial charge on any atom is -0.370 e. The molecule has 0 radical (unpaired) electrons. The number of rotatable bonds is 7. The fraction of sp³-hybridized carbons (Fsp3) is 0.250. The quantitative estimate of drug-likeness (QED) is 0.769. The minimum atomic E-state index is -0.292. The number of hydrogen-bond donors (Lipinski definition) is 2. The summed E-state index contributed by atoms with van der Waals surface area (Å²) in [5.74, 6) is 0.481. The fourth-order valence-corrected chi connectivity index (χ4v) is 1.85. The topological polar surface area (TPSA) is 54.0 Å². The number of nitrogens with zero attached hydrogens (tertiary/aromatic N) is 1. The Bertz CT molecular complexity index is 557. The van der Waals surface area contributed by atoms with Gasteiger partial charge in [-0.2, -0.15) is 0 Å². The molecule has 1 heterocycles. The second-order valence-corrected chi connectivity index (χ2v) is 4.65. The van der Waals surface area contributed by atoms with Crippen LogP contribution in [-0.2, 0) is 11.2 Å². The van der Waals surface area contributed by atoms with Gasteiger partial charge in [-0.25, -0.2) is 9.37 Å². The summed E-state index contributed by atoms with van der Waals surface area (Å²) in [6, 6.07) is 11.6. The van der Waals surface area contributed by atoms with Crippen molar-refractivity contribution in [2.75, 3.05) is 18.4 Å². The van der Waals surface area contributed by atoms with Gasteiger partial charge in [0.1, 0.15) is 11.6 Å². The van der Waals surface area contributed by atoms with Crippen LogP contribution in [0.3, 0.4) is 0 Å². The van der Waals surface area contributed by atoms with E-state index in [9.17, 15) is 9.18 Å². The normalized spacial score (nSPS) is 10.1. The number of carbonyl (C=O) groups is 1. The summed E-state index contributed by atoms with van der Waals surface area (Å²) in [5.41, 5.74) is 0.806. The minimum absolute atomic E-state index is 0.0561. The van der Waals surface area contributed by atoms with Gasteiger partial charge in [0.2, 0.25) is 5.91 Å². The number of anilines is 1. The molecule has 5 heteroatoms. The maximum atomic E-state index is 12.7. The molecule has 0 aliphatic heterocycles. The predicted octanol–water partition coefficient (Wildman–Crippen LogP) is 2.38. The van der Waals surface area contributed by atoms with E-state index in [0.29, 0.717) is 6.54 Å². The van der Waals surface area contributed by atoms with Gasteiger partial charge in [0.15, 0.2) is 0 Å². The average Bonchev–Trinajstić information content (AvgIpc) is 2.50. The van der Waals surface area contributed by atoms with Crippen LogP contribution < -0.4 is 10.6 Å². The molecule has 0 aliphatic rings. The Morgan fingerprint density at radius 3 is 2.62 bits per heavy atom. The molecule has 110 valence electrons. The van der Waals surface area contributed by atoms with Gasteiger partial charge in [-0.1, -0.05) is 18.2 Å². The molecule has 0 saturated carbocycles. The third kappa shape index (κ3) is 5.60. The zero-order valence-electron chi connectivity index (χ0n) is 11.7. The molecule has 2 rings (SSSR count). The van der Waals surface area contributed by atoms with Crippen molar-refractivity contribution >= 4 is 11.7 Å². The smallest absolute Gasteiger partial charge is 0.224 e. The summed E-state index contributed by atoms with van der Waals surface area (Å²) in [7, 11) is 0. The second-order valence-electron chi connectivity index (χ2n) is 4.65. The molecule has 4 nitrogen and oxygen atoms in total. The number of halogens is 1. The maximum absolute atomic E-state index is 12.7. The number of benzene rings is 1. The van der Waals surface area contributed by atoms with E-state index in [-0.39, 0.29) is 18.1 Å². The largest absolute Gasteiger partial charge is 0.370 e. The van der Waals surface area contributed by atoms with Crippen molar-refractivity contribution < 1.29 is 9.18 Å². The molecule has 0 atom stereocenters. The van der Waals surface area contributed by atoms with Crippen molar-refractivity contribution in [3.8, 4) is 0 Å². The van der Waals surface area contributed by atoms with Gasteiger partial charge in [0.25, 0.3) is 0 Å². The summed E-state index contributed by atoms with van der Waals surface area (Å²) < 4.78 is 12.7. The molecule has 1 amide bonds. The molecule has 21 heavy (non-hydrogen) atoms. The van der Waals surface area contributed by atoms with Crippen molar-refractivity contribution in [1.82, 2.24) is 10.3 Å². The summed E-state index contributed by atoms with van der Waals surface area (Å²) in [6.07, 6.45) is 2.81. The van der Waals surface area contributed by atoms with Crippen LogP contribution in [0.2, 0.25) is 0 Å². The van der Waals surface area contributed by atoms with Crippen molar-refractivity contribution in [2.45, 2.75) is 12.8 Å². The van der Waals surface area contributed by atoms with E-state index >= 15 is 0 Å². The zero-order chi connectivity index (χ0) is 14.9. The van der Waals surface area contributed by atoms with E-state index in [1.54, 1.807) is 18.3 Å². The lowest BCUT2D eigenvalue weighted by Gasteiger charge is -2.07. The highest BCUT2D eigenvalue weighted by Crippen LogP contribution is 2.03. The van der Waals surface area contributed by atoms with Crippen LogP contribution in [0, 0.1) is 5.82 Å². The molecule has 1 aromatic carbocycles. The van der Waals surface area contributed by atoms with Crippen molar-refractivity contribution in [3.63, 3.8) is 0 Å². The molecule has 2 aromatic rings. The molecular weight excluding hydrogens is 269 g/mol. The zero-order valence-corrected chi connectivity index (χ0v) is 11.7. The molecule has 0 saturated heterocycles. The summed E-state index contributed by atoms with van der Waals surface area (Å²) in [6.45, 7) is 1.34. The number of aromatic nitrogens is 1. The molecule has 0 aliphatic carbocycles. The number of amides is 1. The third-order valence-corrected chi connectivity index (χ3v) is 2.92. The highest BCUT2D eigenvalue weighted by molar-refractivity contribution is 5.78. The molecule has 0 fully saturated rings. The van der Waals surface area contributed by atoms with Crippen LogP contribution in [-0.4, -0.2) is 24.0 Å². The van der Waals surface area contributed by atoms with E-state index in [0.717, 1.165) is 24.3 Å². The highest BCUT2D eigenvalue weighted by atomic mass is 19.1. The summed E-state index contributed by atoms with van der Waals surface area (Å²) in [4.78, 5) is 15.8. The van der Waals surface area contributed by atoms with E-state index in [1.165, 1.54) is 12.1 Å². The number of pyridine rings is 1. The molecule has 1 aromatic heterocycles. The average molecular weight is 287 g/mol. The van der Waals surface area contributed by atoms with Crippen molar-refractivity contribution in [1.29, 1.82) is 0 Å². The lowest BCUT2D eigenvalue weighted by atomic mass is 10.1. The monoisotopic (exact) mass is 287 g/mol. The van der Waals surface area contributed by atoms with Crippen LogP contribution in [0.1, 0.15) is 12.0 Å². The molecule has 0 bridgehead atoms. The third-order valence-electron chi connectivity index (χ3n) is 2.92. The predicted molar refractivity (Wildman–Crippen MR) is 80.5 cm³/mol. The number of nitrogens with one attached hydrogen (secondary N) is 2. The Hall–Kier alpha value is -2.43. The van der Waals surface area contributed by atoms with Gasteiger partial charge in [0, 0.05) is 19.3 Å².